The van der Waals surface area contributed by atoms with Gasteiger partial charge in [-0.05, 0) is 30.5 Å². The van der Waals surface area contributed by atoms with Crippen LogP contribution in [0.3, 0.4) is 0 Å². The average molecular weight is 309 g/mol. The van der Waals surface area contributed by atoms with Gasteiger partial charge in [0.2, 0.25) is 0 Å². The highest BCUT2D eigenvalue weighted by atomic mass is 16.2. The first-order chi connectivity index (χ1) is 11.2. The number of piperazine rings is 1. The standard InChI is InChI=1S/C19H23N3O/c1-16-13-18(15-20-14-16)19(23)22-11-9-21(10-12-22)8-7-17-5-3-2-4-6-17/h2-6,13-15H,7-12H2,1H3. The molecule has 4 heteroatoms. The van der Waals surface area contributed by atoms with E-state index < -0.39 is 0 Å². The van der Waals surface area contributed by atoms with Crippen LogP contribution in [0, 0.1) is 6.92 Å². The van der Waals surface area contributed by atoms with Crippen molar-refractivity contribution in [3.8, 4) is 0 Å². The van der Waals surface area contributed by atoms with Gasteiger partial charge in [-0.2, -0.15) is 0 Å². The molecule has 1 fully saturated rings. The second-order valence-corrected chi connectivity index (χ2v) is 6.12. The molecule has 0 unspecified atom stereocenters. The lowest BCUT2D eigenvalue weighted by atomic mass is 10.1. The van der Waals surface area contributed by atoms with Gasteiger partial charge in [-0.3, -0.25) is 14.7 Å². The van der Waals surface area contributed by atoms with E-state index in [4.69, 9.17) is 0 Å². The molecule has 1 amide bonds. The van der Waals surface area contributed by atoms with Gasteiger partial charge in [-0.1, -0.05) is 30.3 Å². The summed E-state index contributed by atoms with van der Waals surface area (Å²) >= 11 is 0. The van der Waals surface area contributed by atoms with E-state index in [1.54, 1.807) is 12.4 Å². The van der Waals surface area contributed by atoms with Crippen LogP contribution < -0.4 is 0 Å². The number of pyridine rings is 1. The second-order valence-electron chi connectivity index (χ2n) is 6.12. The highest BCUT2D eigenvalue weighted by Crippen LogP contribution is 2.10. The van der Waals surface area contributed by atoms with Crippen molar-refractivity contribution in [3.05, 3.63) is 65.5 Å². The zero-order valence-electron chi connectivity index (χ0n) is 13.6. The first kappa shape index (κ1) is 15.7. The van der Waals surface area contributed by atoms with Gasteiger partial charge in [-0.15, -0.1) is 0 Å². The van der Waals surface area contributed by atoms with Crippen LogP contribution in [0.2, 0.25) is 0 Å². The number of aryl methyl sites for hydroxylation is 1. The second kappa shape index (κ2) is 7.38. The molecule has 0 saturated carbocycles. The first-order valence-corrected chi connectivity index (χ1v) is 8.19. The molecule has 1 aliphatic heterocycles. The Labute approximate surface area is 137 Å². The predicted octanol–water partition coefficient (Wildman–Crippen LogP) is 2.39. The normalized spacial score (nSPS) is 15.6. The Kier molecular flexibility index (Phi) is 5.03. The number of carbonyl (C=O) groups excluding carboxylic acids is 1. The number of amides is 1. The number of aromatic nitrogens is 1. The van der Waals surface area contributed by atoms with Crippen molar-refractivity contribution in [2.45, 2.75) is 13.3 Å². The molecule has 2 heterocycles. The van der Waals surface area contributed by atoms with Crippen LogP contribution in [-0.4, -0.2) is 53.4 Å². The van der Waals surface area contributed by atoms with Crippen molar-refractivity contribution in [2.75, 3.05) is 32.7 Å². The van der Waals surface area contributed by atoms with Crippen molar-refractivity contribution in [1.82, 2.24) is 14.8 Å². The first-order valence-electron chi connectivity index (χ1n) is 8.19. The van der Waals surface area contributed by atoms with E-state index in [1.165, 1.54) is 5.56 Å². The topological polar surface area (TPSA) is 36.4 Å². The lowest BCUT2D eigenvalue weighted by Gasteiger charge is -2.34. The quantitative estimate of drug-likeness (QED) is 0.870. The fourth-order valence-corrected chi connectivity index (χ4v) is 2.96. The summed E-state index contributed by atoms with van der Waals surface area (Å²) in [7, 11) is 0. The molecule has 23 heavy (non-hydrogen) atoms. The van der Waals surface area contributed by atoms with Crippen LogP contribution in [0.5, 0.6) is 0 Å². The zero-order valence-corrected chi connectivity index (χ0v) is 13.6. The minimum atomic E-state index is 0.101. The number of rotatable bonds is 4. The van der Waals surface area contributed by atoms with Gasteiger partial charge in [0.15, 0.2) is 0 Å². The van der Waals surface area contributed by atoms with Gasteiger partial charge in [0, 0.05) is 45.1 Å². The van der Waals surface area contributed by atoms with Gasteiger partial charge in [0.05, 0.1) is 5.56 Å². The number of carbonyl (C=O) groups is 1. The number of hydrogen-bond donors (Lipinski definition) is 0. The maximum absolute atomic E-state index is 12.5. The maximum Gasteiger partial charge on any atom is 0.255 e. The molecule has 0 spiro atoms. The molecular weight excluding hydrogens is 286 g/mol. The highest BCUT2D eigenvalue weighted by molar-refractivity contribution is 5.94. The third kappa shape index (κ3) is 4.17. The Morgan fingerprint density at radius 1 is 1.09 bits per heavy atom. The van der Waals surface area contributed by atoms with Gasteiger partial charge >= 0.3 is 0 Å². The summed E-state index contributed by atoms with van der Waals surface area (Å²) in [6, 6.07) is 12.5. The molecule has 1 aromatic carbocycles. The Morgan fingerprint density at radius 3 is 2.52 bits per heavy atom. The van der Waals surface area contributed by atoms with E-state index in [2.05, 4.69) is 34.1 Å². The number of nitrogens with zero attached hydrogens (tertiary/aromatic N) is 3. The van der Waals surface area contributed by atoms with Gasteiger partial charge in [-0.25, -0.2) is 0 Å². The molecule has 1 saturated heterocycles. The van der Waals surface area contributed by atoms with Crippen molar-refractivity contribution in [3.63, 3.8) is 0 Å². The summed E-state index contributed by atoms with van der Waals surface area (Å²) in [6.07, 6.45) is 4.51. The summed E-state index contributed by atoms with van der Waals surface area (Å²) < 4.78 is 0. The molecule has 1 aromatic heterocycles. The van der Waals surface area contributed by atoms with E-state index in [0.29, 0.717) is 5.56 Å². The Morgan fingerprint density at radius 2 is 1.83 bits per heavy atom. The molecule has 120 valence electrons. The summed E-state index contributed by atoms with van der Waals surface area (Å²) in [5, 5.41) is 0. The van der Waals surface area contributed by atoms with E-state index in [-0.39, 0.29) is 5.91 Å². The lowest BCUT2D eigenvalue weighted by molar-refractivity contribution is 0.0638. The summed E-state index contributed by atoms with van der Waals surface area (Å²) in [5.74, 6) is 0.101. The fourth-order valence-electron chi connectivity index (χ4n) is 2.96. The van der Waals surface area contributed by atoms with Crippen LogP contribution in [0.25, 0.3) is 0 Å². The predicted molar refractivity (Wildman–Crippen MR) is 91.5 cm³/mol. The van der Waals surface area contributed by atoms with Gasteiger partial charge in [0.1, 0.15) is 0 Å². The summed E-state index contributed by atoms with van der Waals surface area (Å²) in [4.78, 5) is 21.0. The van der Waals surface area contributed by atoms with Crippen LogP contribution in [0.15, 0.2) is 48.8 Å². The molecule has 4 nitrogen and oxygen atoms in total. The molecule has 0 N–H and O–H groups in total. The van der Waals surface area contributed by atoms with E-state index in [1.807, 2.05) is 24.0 Å². The molecule has 2 aromatic rings. The summed E-state index contributed by atoms with van der Waals surface area (Å²) in [5.41, 5.74) is 3.09. The number of benzene rings is 1. The molecule has 0 aliphatic carbocycles. The van der Waals surface area contributed by atoms with Crippen molar-refractivity contribution >= 4 is 5.91 Å². The minimum Gasteiger partial charge on any atom is -0.336 e. The average Bonchev–Trinajstić information content (AvgIpc) is 2.61. The molecular formula is C19H23N3O. The molecule has 0 radical (unpaired) electrons. The molecule has 0 atom stereocenters. The Bertz CT molecular complexity index is 649. The van der Waals surface area contributed by atoms with Crippen LogP contribution in [-0.2, 0) is 6.42 Å². The van der Waals surface area contributed by atoms with Crippen molar-refractivity contribution in [2.24, 2.45) is 0 Å². The van der Waals surface area contributed by atoms with Crippen LogP contribution in [0.4, 0.5) is 0 Å². The van der Waals surface area contributed by atoms with E-state index in [9.17, 15) is 4.79 Å². The lowest BCUT2D eigenvalue weighted by Crippen LogP contribution is -2.49. The maximum atomic E-state index is 12.5. The Hall–Kier alpha value is -2.20. The van der Waals surface area contributed by atoms with Gasteiger partial charge in [0.25, 0.3) is 5.91 Å². The fraction of sp³-hybridized carbons (Fsp3) is 0.368. The van der Waals surface area contributed by atoms with Crippen LogP contribution in [0.1, 0.15) is 21.5 Å². The zero-order chi connectivity index (χ0) is 16.1. The van der Waals surface area contributed by atoms with E-state index in [0.717, 1.165) is 44.7 Å². The third-order valence-corrected chi connectivity index (χ3v) is 4.34. The van der Waals surface area contributed by atoms with Gasteiger partial charge < -0.3 is 4.90 Å². The molecule has 1 aliphatic rings. The Balaban J connectivity index is 1.49. The van der Waals surface area contributed by atoms with Crippen molar-refractivity contribution in [1.29, 1.82) is 0 Å². The number of hydrogen-bond acceptors (Lipinski definition) is 3. The minimum absolute atomic E-state index is 0.101. The largest absolute Gasteiger partial charge is 0.336 e. The molecule has 0 bridgehead atoms. The van der Waals surface area contributed by atoms with E-state index >= 15 is 0 Å². The van der Waals surface area contributed by atoms with Crippen molar-refractivity contribution < 1.29 is 4.79 Å². The SMILES string of the molecule is Cc1cncc(C(=O)N2CCN(CCc3ccccc3)CC2)c1. The smallest absolute Gasteiger partial charge is 0.255 e. The third-order valence-electron chi connectivity index (χ3n) is 4.34. The monoisotopic (exact) mass is 309 g/mol. The molecule has 3 rings (SSSR count). The highest BCUT2D eigenvalue weighted by Gasteiger charge is 2.22. The summed E-state index contributed by atoms with van der Waals surface area (Å²) in [6.45, 7) is 6.49. The van der Waals surface area contributed by atoms with Crippen LogP contribution >= 0.6 is 0 Å².